The number of hydrogen-bond donors (Lipinski definition) is 0. The molecule has 0 fully saturated rings. The smallest absolute Gasteiger partial charge is 0.318 e. The van der Waals surface area contributed by atoms with Crippen LogP contribution in [0.5, 0.6) is 5.75 Å². The molecule has 0 spiro atoms. The summed E-state index contributed by atoms with van der Waals surface area (Å²) in [5, 5.41) is 0. The van der Waals surface area contributed by atoms with E-state index in [2.05, 4.69) is 0 Å². The highest BCUT2D eigenvalue weighted by atomic mass is 35.5. The number of Topliss-reactive ketones (excluding diaryl/α,β-unsaturated/α-hetero) is 1. The molecule has 156 valence electrons. The zero-order chi connectivity index (χ0) is 20.7. The van der Waals surface area contributed by atoms with Crippen LogP contribution in [0, 0.1) is 0 Å². The van der Waals surface area contributed by atoms with Crippen LogP contribution in [-0.2, 0) is 17.8 Å². The average molecular weight is 424 g/mol. The summed E-state index contributed by atoms with van der Waals surface area (Å²) in [6, 6.07) is 26.4. The van der Waals surface area contributed by atoms with Crippen molar-refractivity contribution < 1.29 is 31.2 Å². The second-order valence-corrected chi connectivity index (χ2v) is 7.41. The van der Waals surface area contributed by atoms with Gasteiger partial charge in [0.05, 0.1) is 20.6 Å². The summed E-state index contributed by atoms with van der Waals surface area (Å²) in [7, 11) is 3.46. The van der Waals surface area contributed by atoms with Crippen molar-refractivity contribution in [3.63, 3.8) is 0 Å². The van der Waals surface area contributed by atoms with Crippen molar-refractivity contribution in [2.45, 2.75) is 13.0 Å². The first-order chi connectivity index (χ1) is 14.0. The van der Waals surface area contributed by atoms with E-state index in [4.69, 9.17) is 4.74 Å². The molecule has 30 heavy (non-hydrogen) atoms. The predicted octanol–water partition coefficient (Wildman–Crippen LogP) is 1.30. The molecule has 0 aliphatic rings. The summed E-state index contributed by atoms with van der Waals surface area (Å²) in [6.07, 6.45) is 0.281. The maximum absolute atomic E-state index is 13.3. The van der Waals surface area contributed by atoms with Crippen LogP contribution in [0.4, 0.5) is 0 Å². The molecule has 1 amide bonds. The van der Waals surface area contributed by atoms with E-state index in [0.29, 0.717) is 12.1 Å². The molecular formula is C25H26ClNO3. The Bertz CT molecular complexity index is 976. The zero-order valence-corrected chi connectivity index (χ0v) is 18.0. The molecule has 0 aromatic heterocycles. The van der Waals surface area contributed by atoms with Gasteiger partial charge in [0.2, 0.25) is 5.78 Å². The quantitative estimate of drug-likeness (QED) is 0.405. The number of rotatable bonds is 8. The van der Waals surface area contributed by atoms with Crippen molar-refractivity contribution in [2.75, 3.05) is 20.7 Å². The third kappa shape index (κ3) is 6.02. The highest BCUT2D eigenvalue weighted by Gasteiger charge is 2.34. The first kappa shape index (κ1) is 23.3. The number of halogens is 1. The Morgan fingerprint density at radius 1 is 0.833 bits per heavy atom. The Hall–Kier alpha value is -2.95. The summed E-state index contributed by atoms with van der Waals surface area (Å²) in [6.45, 7) is 0.522. The number of ketones is 1. The lowest BCUT2D eigenvalue weighted by Gasteiger charge is -2.31. The number of hydrogen-bond acceptors (Lipinski definition) is 3. The number of quaternary nitrogens is 1. The van der Waals surface area contributed by atoms with Gasteiger partial charge in [-0.15, -0.1) is 0 Å². The van der Waals surface area contributed by atoms with Crippen molar-refractivity contribution >= 4 is 11.7 Å². The van der Waals surface area contributed by atoms with Crippen LogP contribution in [0.2, 0.25) is 0 Å². The van der Waals surface area contributed by atoms with E-state index >= 15 is 0 Å². The van der Waals surface area contributed by atoms with E-state index in [1.165, 1.54) is 0 Å². The Morgan fingerprint density at radius 3 is 2.07 bits per heavy atom. The van der Waals surface area contributed by atoms with Gasteiger partial charge in [0, 0.05) is 11.1 Å². The van der Waals surface area contributed by atoms with E-state index in [1.54, 1.807) is 19.2 Å². The fourth-order valence-electron chi connectivity index (χ4n) is 3.40. The fraction of sp³-hybridized carbons (Fsp3) is 0.200. The lowest BCUT2D eigenvalue weighted by Crippen LogP contribution is -3.00. The van der Waals surface area contributed by atoms with Gasteiger partial charge in [-0.2, -0.15) is 0 Å². The maximum atomic E-state index is 13.3. The van der Waals surface area contributed by atoms with Gasteiger partial charge in [0.25, 0.3) is 0 Å². The summed E-state index contributed by atoms with van der Waals surface area (Å²) in [5.74, 6) is 0.694. The van der Waals surface area contributed by atoms with Gasteiger partial charge in [0.15, 0.2) is 0 Å². The van der Waals surface area contributed by atoms with Crippen LogP contribution in [0.25, 0.3) is 0 Å². The van der Waals surface area contributed by atoms with Crippen LogP contribution in [0.1, 0.15) is 21.5 Å². The highest BCUT2D eigenvalue weighted by Crippen LogP contribution is 2.20. The Morgan fingerprint density at radius 2 is 1.43 bits per heavy atom. The third-order valence-corrected chi connectivity index (χ3v) is 5.05. The minimum absolute atomic E-state index is 0. The molecule has 0 N–H and O–H groups in total. The van der Waals surface area contributed by atoms with E-state index in [-0.39, 0.29) is 41.5 Å². The first-order valence-corrected chi connectivity index (χ1v) is 9.63. The normalized spacial score (nSPS) is 12.3. The number of benzene rings is 3. The maximum Gasteiger partial charge on any atom is 0.318 e. The van der Waals surface area contributed by atoms with Crippen LogP contribution < -0.4 is 17.1 Å². The third-order valence-electron chi connectivity index (χ3n) is 5.05. The molecule has 0 saturated carbocycles. The summed E-state index contributed by atoms with van der Waals surface area (Å²) in [5.41, 5.74) is 2.52. The summed E-state index contributed by atoms with van der Waals surface area (Å²) < 4.78 is 5.31. The van der Waals surface area contributed by atoms with Crippen LogP contribution >= 0.6 is 0 Å². The molecule has 0 bridgehead atoms. The fourth-order valence-corrected chi connectivity index (χ4v) is 3.40. The topological polar surface area (TPSA) is 43.4 Å². The second-order valence-electron chi connectivity index (χ2n) is 7.41. The van der Waals surface area contributed by atoms with E-state index in [0.717, 1.165) is 16.9 Å². The molecule has 0 aliphatic carbocycles. The number of amides is 1. The molecule has 0 heterocycles. The van der Waals surface area contributed by atoms with Crippen molar-refractivity contribution in [1.29, 1.82) is 0 Å². The molecule has 3 aromatic carbocycles. The summed E-state index contributed by atoms with van der Waals surface area (Å²) in [4.78, 5) is 26.3. The van der Waals surface area contributed by atoms with Gasteiger partial charge in [-0.25, -0.2) is 4.79 Å². The minimum Gasteiger partial charge on any atom is -1.00 e. The molecule has 0 radical (unpaired) electrons. The average Bonchev–Trinajstić information content (AvgIpc) is 2.75. The van der Waals surface area contributed by atoms with Crippen LogP contribution in [0.15, 0.2) is 84.9 Å². The van der Waals surface area contributed by atoms with Gasteiger partial charge >= 0.3 is 5.91 Å². The highest BCUT2D eigenvalue weighted by molar-refractivity contribution is 5.97. The molecule has 1 unspecified atom stereocenters. The number of carbonyl (C=O) groups is 2. The predicted molar refractivity (Wildman–Crippen MR) is 114 cm³/mol. The number of nitrogens with zero attached hydrogens (tertiary/aromatic N) is 1. The molecule has 5 heteroatoms. The minimum atomic E-state index is -0.0441. The monoisotopic (exact) mass is 423 g/mol. The van der Waals surface area contributed by atoms with Crippen LogP contribution in [-0.4, -0.2) is 36.9 Å². The number of carbonyl (C=O) groups excluding carboxylic acids is 2. The SMILES string of the molecule is COc1cccc(C[N+](C)(CC(=O)c2ccccc2)C(=O)Cc2ccccc2)c1.[Cl-]. The van der Waals surface area contributed by atoms with Crippen molar-refractivity contribution in [1.82, 2.24) is 0 Å². The molecule has 3 aromatic rings. The molecule has 0 saturated heterocycles. The Kier molecular flexibility index (Phi) is 8.34. The lowest BCUT2D eigenvalue weighted by molar-refractivity contribution is -0.839. The van der Waals surface area contributed by atoms with E-state index in [1.807, 2.05) is 79.8 Å². The Labute approximate surface area is 184 Å². The van der Waals surface area contributed by atoms with Crippen molar-refractivity contribution in [3.05, 3.63) is 102 Å². The largest absolute Gasteiger partial charge is 1.00 e. The second kappa shape index (κ2) is 10.7. The van der Waals surface area contributed by atoms with Crippen LogP contribution in [0.3, 0.4) is 0 Å². The van der Waals surface area contributed by atoms with Gasteiger partial charge < -0.3 is 17.1 Å². The first-order valence-electron chi connectivity index (χ1n) is 9.63. The zero-order valence-electron chi connectivity index (χ0n) is 17.3. The van der Waals surface area contributed by atoms with Gasteiger partial charge in [-0.3, -0.25) is 9.28 Å². The van der Waals surface area contributed by atoms with Crippen molar-refractivity contribution in [2.24, 2.45) is 0 Å². The molecular weight excluding hydrogens is 398 g/mol. The van der Waals surface area contributed by atoms with E-state index in [9.17, 15) is 9.59 Å². The van der Waals surface area contributed by atoms with Gasteiger partial charge in [-0.1, -0.05) is 72.8 Å². The molecule has 0 aliphatic heterocycles. The number of methoxy groups -OCH3 is 1. The number of likely N-dealkylation sites (N-methyl/N-ethyl adjacent to an activating group) is 1. The number of ether oxygens (including phenoxy) is 1. The molecule has 1 atom stereocenters. The standard InChI is InChI=1S/C25H26NO3.ClH/c1-26(18-21-12-9-15-23(16-21)29-2,19-24(27)22-13-7-4-8-14-22)25(28)17-20-10-5-3-6-11-20;/h3-16H,17-19H2,1-2H3;1H/q+1;/p-1. The molecule has 3 rings (SSSR count). The summed E-state index contributed by atoms with van der Waals surface area (Å²) >= 11 is 0. The van der Waals surface area contributed by atoms with E-state index < -0.39 is 0 Å². The lowest BCUT2D eigenvalue weighted by atomic mass is 10.1. The van der Waals surface area contributed by atoms with Crippen molar-refractivity contribution in [3.8, 4) is 5.75 Å². The van der Waals surface area contributed by atoms with Gasteiger partial charge in [0.1, 0.15) is 18.8 Å². The Balaban J connectivity index is 0.00000320. The molecule has 4 nitrogen and oxygen atoms in total. The van der Waals surface area contributed by atoms with Gasteiger partial charge in [-0.05, 0) is 17.7 Å².